The number of aryl methyl sites for hydroxylation is 1. The van der Waals surface area contributed by atoms with E-state index in [0.29, 0.717) is 58.9 Å². The first kappa shape index (κ1) is 41.8. The molecule has 4 saturated carbocycles. The first-order valence-corrected chi connectivity index (χ1v) is 23.0. The van der Waals surface area contributed by atoms with Crippen molar-refractivity contribution in [2.75, 3.05) is 56.7 Å². The molecule has 6 atom stereocenters. The zero-order valence-corrected chi connectivity index (χ0v) is 37.4. The predicted molar refractivity (Wildman–Crippen MR) is 242 cm³/mol. The molecule has 5 aliphatic rings. The Balaban J connectivity index is 0.889. The lowest BCUT2D eigenvalue weighted by molar-refractivity contribution is -0.404. The zero-order valence-electron chi connectivity index (χ0n) is 36.6. The first-order chi connectivity index (χ1) is 29.2. The van der Waals surface area contributed by atoms with Gasteiger partial charge >= 0.3 is 5.97 Å². The number of nitrogens with one attached hydrogen (secondary N) is 1. The van der Waals surface area contributed by atoms with Crippen LogP contribution < -0.4 is 16.0 Å². The second kappa shape index (κ2) is 15.7. The summed E-state index contributed by atoms with van der Waals surface area (Å²) in [6.07, 6.45) is 10.8. The summed E-state index contributed by atoms with van der Waals surface area (Å²) in [4.78, 5) is 31.9. The Hall–Kier alpha value is -4.50. The average molecular weight is 848 g/mol. The first-order valence-electron chi connectivity index (χ1n) is 22.1. The van der Waals surface area contributed by atoms with E-state index in [4.69, 9.17) is 30.5 Å². The number of fused-ring (bicyclic) bond motifs is 3. The van der Waals surface area contributed by atoms with Gasteiger partial charge in [-0.3, -0.25) is 4.99 Å². The number of carbonyl (C=O) groups is 1. The highest BCUT2D eigenvalue weighted by Gasteiger charge is 2.89. The standard InChI is InChI=1S/C47H61N9O4S/c1-28-11-13-37-36(20-28)50-43(61-37)52-40-29(2)33-10-9-16-56(41(33)54-53-40)38-14-12-34(39(51-38)42(58)59)35(24-48)30(3)49-25-32-22-45(5)27-46(60-19-17-55(6)15-7-8-18-57)26-44(4)21-31(32)23-47(44,45)46/h11-14,20,24,31-32,57H,7-10,15-19,21-23,25-27,48H2,1-6H3,(H,58,59)(H,50,52,53). The number of aliphatic imine (C=N–C) groups is 1. The van der Waals surface area contributed by atoms with Crippen LogP contribution in [0.25, 0.3) is 15.8 Å². The van der Waals surface area contributed by atoms with Crippen LogP contribution in [0.5, 0.6) is 0 Å². The molecule has 0 amide bonds. The average Bonchev–Trinajstić information content (AvgIpc) is 3.76. The van der Waals surface area contributed by atoms with Gasteiger partial charge in [0.2, 0.25) is 0 Å². The molecule has 14 heteroatoms. The van der Waals surface area contributed by atoms with Crippen LogP contribution in [0.2, 0.25) is 0 Å². The number of aromatic nitrogens is 4. The van der Waals surface area contributed by atoms with Crippen LogP contribution in [-0.2, 0) is 11.2 Å². The summed E-state index contributed by atoms with van der Waals surface area (Å²) in [6, 6.07) is 9.92. The van der Waals surface area contributed by atoms with Gasteiger partial charge in [-0.25, -0.2) is 14.8 Å². The molecule has 1 aromatic carbocycles. The number of rotatable bonds is 16. The van der Waals surface area contributed by atoms with Crippen LogP contribution >= 0.6 is 11.3 Å². The fourth-order valence-corrected chi connectivity index (χ4v) is 14.0. The van der Waals surface area contributed by atoms with Gasteiger partial charge in [-0.1, -0.05) is 31.3 Å². The lowest BCUT2D eigenvalue weighted by Crippen LogP contribution is -2.83. The van der Waals surface area contributed by atoms with Gasteiger partial charge in [-0.05, 0) is 145 Å². The summed E-state index contributed by atoms with van der Waals surface area (Å²) in [5.74, 6) is 1.76. The van der Waals surface area contributed by atoms with E-state index < -0.39 is 5.97 Å². The van der Waals surface area contributed by atoms with Crippen LogP contribution in [0.15, 0.2) is 41.5 Å². The second-order valence-corrected chi connectivity index (χ2v) is 20.3. The summed E-state index contributed by atoms with van der Waals surface area (Å²) < 4.78 is 7.99. The minimum atomic E-state index is -1.13. The van der Waals surface area contributed by atoms with Crippen LogP contribution in [0, 0.1) is 41.9 Å². The molecule has 13 nitrogen and oxygen atoms in total. The number of aliphatic hydroxyl groups is 1. The van der Waals surface area contributed by atoms with E-state index in [2.05, 4.69) is 66.4 Å². The third kappa shape index (κ3) is 6.74. The Labute approximate surface area is 362 Å². The SMILES string of the molecule is CC(=NCC1CC2(C)CC3(OCCN(C)CCCCO)CC4(C)CC1CC243)C(=CN)c1ccc(N2CCCc3c2nnc(Nc2nc4cc(C)ccc4s2)c3C)nc1C(=O)O. The van der Waals surface area contributed by atoms with Crippen LogP contribution in [0.4, 0.5) is 22.6 Å². The highest BCUT2D eigenvalue weighted by atomic mass is 32.1. The summed E-state index contributed by atoms with van der Waals surface area (Å²) in [5.41, 5.74) is 12.9. The number of allylic oxidation sites excluding steroid dienone is 1. The molecule has 6 unspecified atom stereocenters. The number of nitrogens with two attached hydrogens (primary N) is 1. The lowest BCUT2D eigenvalue weighted by Gasteiger charge is -2.83. The third-order valence-corrected chi connectivity index (χ3v) is 16.5. The molecule has 4 heterocycles. The maximum Gasteiger partial charge on any atom is 0.355 e. The number of hydrogen-bond acceptors (Lipinski definition) is 13. The van der Waals surface area contributed by atoms with Crippen LogP contribution in [0.3, 0.4) is 0 Å². The Morgan fingerprint density at radius 2 is 1.90 bits per heavy atom. The summed E-state index contributed by atoms with van der Waals surface area (Å²) >= 11 is 1.58. The van der Waals surface area contributed by atoms with E-state index in [-0.39, 0.29) is 28.7 Å². The molecule has 4 aliphatic carbocycles. The number of pyridine rings is 1. The van der Waals surface area contributed by atoms with E-state index in [0.717, 1.165) is 102 Å². The number of carboxylic acid groups (broad SMARTS) is 1. The van der Waals surface area contributed by atoms with Gasteiger partial charge < -0.3 is 35.8 Å². The van der Waals surface area contributed by atoms with Gasteiger partial charge in [0.25, 0.3) is 0 Å². The van der Waals surface area contributed by atoms with Crippen molar-refractivity contribution in [1.82, 2.24) is 25.1 Å². The van der Waals surface area contributed by atoms with Crippen molar-refractivity contribution in [3.8, 4) is 0 Å². The van der Waals surface area contributed by atoms with Crippen molar-refractivity contribution in [3.05, 3.63) is 64.5 Å². The Kier molecular flexibility index (Phi) is 10.8. The number of thiazole rings is 1. The topological polar surface area (TPSA) is 175 Å². The van der Waals surface area contributed by atoms with Crippen molar-refractivity contribution in [2.45, 2.75) is 98.0 Å². The number of benzene rings is 1. The molecule has 1 aliphatic heterocycles. The number of aliphatic hydroxyl groups excluding tert-OH is 1. The lowest BCUT2D eigenvalue weighted by atomic mass is 9.24. The minimum absolute atomic E-state index is 0.00218. The molecule has 1 spiro atoms. The summed E-state index contributed by atoms with van der Waals surface area (Å²) in [6.45, 7) is 15.3. The smallest absolute Gasteiger partial charge is 0.355 e. The highest BCUT2D eigenvalue weighted by Crippen LogP contribution is 2.91. The highest BCUT2D eigenvalue weighted by molar-refractivity contribution is 7.22. The number of unbranched alkanes of at least 4 members (excludes halogenated alkanes) is 1. The quantitative estimate of drug-likeness (QED) is 0.0631. The molecular weight excluding hydrogens is 787 g/mol. The number of aromatic carboxylic acids is 1. The predicted octanol–water partition coefficient (Wildman–Crippen LogP) is 8.08. The molecule has 4 fully saturated rings. The van der Waals surface area contributed by atoms with Gasteiger partial charge in [-0.15, -0.1) is 10.2 Å². The number of ether oxygens (including phenoxy) is 1. The van der Waals surface area contributed by atoms with E-state index in [1.165, 1.54) is 19.0 Å². The van der Waals surface area contributed by atoms with E-state index in [1.807, 2.05) is 30.9 Å². The van der Waals surface area contributed by atoms with Crippen molar-refractivity contribution >= 4 is 61.4 Å². The van der Waals surface area contributed by atoms with Gasteiger partial charge in [0.1, 0.15) is 5.82 Å². The Morgan fingerprint density at radius 3 is 2.67 bits per heavy atom. The minimum Gasteiger partial charge on any atom is -0.476 e. The van der Waals surface area contributed by atoms with Crippen molar-refractivity contribution in [1.29, 1.82) is 0 Å². The number of anilines is 4. The number of likely N-dealkylation sites (N-methyl/N-ethyl adjacent to an activating group) is 1. The molecule has 5 N–H and O–H groups in total. The van der Waals surface area contributed by atoms with Crippen LogP contribution in [-0.4, -0.2) is 99.0 Å². The molecule has 4 aromatic rings. The number of carboxylic acids is 1. The Morgan fingerprint density at radius 1 is 1.10 bits per heavy atom. The van der Waals surface area contributed by atoms with Gasteiger partial charge in [0.05, 0.1) is 22.4 Å². The summed E-state index contributed by atoms with van der Waals surface area (Å²) in [5, 5.41) is 33.1. The maximum atomic E-state index is 12.9. The number of nitrogens with zero attached hydrogens (tertiary/aromatic N) is 7. The van der Waals surface area contributed by atoms with Crippen LogP contribution in [0.1, 0.15) is 105 Å². The van der Waals surface area contributed by atoms with Crippen molar-refractivity contribution in [2.24, 2.45) is 38.8 Å². The van der Waals surface area contributed by atoms with Crippen molar-refractivity contribution < 1.29 is 19.7 Å². The molecule has 9 rings (SSSR count). The fraction of sp³-hybridized carbons (Fsp3) is 0.574. The van der Waals surface area contributed by atoms with E-state index in [1.54, 1.807) is 11.3 Å². The van der Waals surface area contributed by atoms with Gasteiger partial charge in [0.15, 0.2) is 22.5 Å². The molecule has 3 aromatic heterocycles. The number of hydrogen-bond donors (Lipinski definition) is 4. The zero-order chi connectivity index (χ0) is 42.9. The van der Waals surface area contributed by atoms with Gasteiger partial charge in [0, 0.05) is 65.8 Å². The second-order valence-electron chi connectivity index (χ2n) is 19.3. The normalized spacial score (nSPS) is 29.0. The fourth-order valence-electron chi connectivity index (χ4n) is 13.1. The van der Waals surface area contributed by atoms with E-state index in [9.17, 15) is 9.90 Å². The molecule has 0 radical (unpaired) electrons. The molecule has 2 bridgehead atoms. The van der Waals surface area contributed by atoms with E-state index >= 15 is 0 Å². The monoisotopic (exact) mass is 847 g/mol. The molecule has 0 saturated heterocycles. The molecule has 61 heavy (non-hydrogen) atoms. The molecular formula is C47H61N9O4S. The van der Waals surface area contributed by atoms with Gasteiger partial charge in [-0.2, -0.15) is 0 Å². The Bertz CT molecular complexity index is 2440. The molecule has 324 valence electrons. The largest absolute Gasteiger partial charge is 0.476 e. The maximum absolute atomic E-state index is 12.9. The summed E-state index contributed by atoms with van der Waals surface area (Å²) in [7, 11) is 2.15. The third-order valence-electron chi connectivity index (χ3n) is 15.6. The van der Waals surface area contributed by atoms with Crippen molar-refractivity contribution in [3.63, 3.8) is 0 Å².